The smallest absolute Gasteiger partial charge is 0.257 e. The topological polar surface area (TPSA) is 83.6 Å². The molecule has 2 heterocycles. The van der Waals surface area contributed by atoms with Crippen LogP contribution in [0.25, 0.3) is 0 Å². The van der Waals surface area contributed by atoms with Crippen molar-refractivity contribution in [3.05, 3.63) is 53.9 Å². The predicted molar refractivity (Wildman–Crippen MR) is 99.3 cm³/mol. The molecule has 1 aromatic heterocycles. The van der Waals surface area contributed by atoms with Crippen molar-refractivity contribution >= 4 is 23.2 Å². The molecule has 26 heavy (non-hydrogen) atoms. The molecule has 1 fully saturated rings. The molecule has 2 amide bonds. The Morgan fingerprint density at radius 3 is 2.31 bits per heavy atom. The molecule has 3 rings (SSSR count). The summed E-state index contributed by atoms with van der Waals surface area (Å²) in [5, 5.41) is 5.67. The lowest BCUT2D eigenvalue weighted by atomic mass is 10.2. The fraction of sp³-hybridized carbons (Fsp3) is 0.316. The van der Waals surface area contributed by atoms with Gasteiger partial charge in [-0.15, -0.1) is 0 Å². The van der Waals surface area contributed by atoms with Crippen LogP contribution in [0.2, 0.25) is 0 Å². The number of anilines is 2. The fourth-order valence-electron chi connectivity index (χ4n) is 2.61. The van der Waals surface area contributed by atoms with Crippen LogP contribution in [0.1, 0.15) is 16.1 Å². The molecule has 0 bridgehead atoms. The van der Waals surface area contributed by atoms with E-state index in [9.17, 15) is 9.59 Å². The maximum absolute atomic E-state index is 12.2. The van der Waals surface area contributed by atoms with Crippen LogP contribution in [-0.4, -0.2) is 54.5 Å². The summed E-state index contributed by atoms with van der Waals surface area (Å²) in [6.45, 7) is 5.09. The molecule has 0 aliphatic carbocycles. The molecule has 0 spiro atoms. The lowest BCUT2D eigenvalue weighted by Crippen LogP contribution is -2.41. The highest BCUT2D eigenvalue weighted by Crippen LogP contribution is 2.15. The van der Waals surface area contributed by atoms with Gasteiger partial charge in [-0.3, -0.25) is 19.5 Å². The quantitative estimate of drug-likeness (QED) is 0.857. The largest absolute Gasteiger partial charge is 0.379 e. The summed E-state index contributed by atoms with van der Waals surface area (Å²) in [7, 11) is 0. The Hall–Kier alpha value is -2.77. The minimum atomic E-state index is -0.221. The summed E-state index contributed by atoms with van der Waals surface area (Å²) in [6.07, 6.45) is 1.55. The van der Waals surface area contributed by atoms with Crippen LogP contribution in [0, 0.1) is 6.92 Å². The molecular weight excluding hydrogens is 332 g/mol. The van der Waals surface area contributed by atoms with Gasteiger partial charge in [0.1, 0.15) is 0 Å². The van der Waals surface area contributed by atoms with Crippen LogP contribution < -0.4 is 10.6 Å². The maximum atomic E-state index is 12.2. The Morgan fingerprint density at radius 2 is 1.69 bits per heavy atom. The highest BCUT2D eigenvalue weighted by Gasteiger charge is 2.14. The second kappa shape index (κ2) is 8.55. The van der Waals surface area contributed by atoms with Gasteiger partial charge in [-0.05, 0) is 43.3 Å². The molecule has 0 saturated carbocycles. The van der Waals surface area contributed by atoms with Gasteiger partial charge in [-0.1, -0.05) is 0 Å². The number of ether oxygens (including phenoxy) is 1. The van der Waals surface area contributed by atoms with E-state index in [1.165, 1.54) is 0 Å². The van der Waals surface area contributed by atoms with Gasteiger partial charge >= 0.3 is 0 Å². The second-order valence-electron chi connectivity index (χ2n) is 6.16. The van der Waals surface area contributed by atoms with Gasteiger partial charge in [0.15, 0.2) is 0 Å². The first-order chi connectivity index (χ1) is 12.6. The zero-order chi connectivity index (χ0) is 18.4. The van der Waals surface area contributed by atoms with E-state index in [0.29, 0.717) is 36.7 Å². The van der Waals surface area contributed by atoms with Crippen molar-refractivity contribution in [2.75, 3.05) is 43.5 Å². The third kappa shape index (κ3) is 5.11. The van der Waals surface area contributed by atoms with E-state index in [4.69, 9.17) is 4.74 Å². The number of nitrogens with zero attached hydrogens (tertiary/aromatic N) is 2. The summed E-state index contributed by atoms with van der Waals surface area (Å²) < 4.78 is 5.27. The first-order valence-corrected chi connectivity index (χ1v) is 8.54. The average molecular weight is 354 g/mol. The molecule has 2 aromatic rings. The summed E-state index contributed by atoms with van der Waals surface area (Å²) >= 11 is 0. The van der Waals surface area contributed by atoms with Crippen molar-refractivity contribution in [1.29, 1.82) is 0 Å². The van der Waals surface area contributed by atoms with E-state index >= 15 is 0 Å². The fourth-order valence-corrected chi connectivity index (χ4v) is 2.61. The molecule has 136 valence electrons. The van der Waals surface area contributed by atoms with Crippen LogP contribution in [-0.2, 0) is 9.53 Å². The van der Waals surface area contributed by atoms with Crippen molar-refractivity contribution in [1.82, 2.24) is 9.88 Å². The zero-order valence-corrected chi connectivity index (χ0v) is 14.7. The second-order valence-corrected chi connectivity index (χ2v) is 6.16. The Morgan fingerprint density at radius 1 is 1.04 bits per heavy atom. The maximum Gasteiger partial charge on any atom is 0.257 e. The normalized spacial score (nSPS) is 14.7. The van der Waals surface area contributed by atoms with Gasteiger partial charge in [-0.25, -0.2) is 0 Å². The number of hydrogen-bond donors (Lipinski definition) is 2. The van der Waals surface area contributed by atoms with Gasteiger partial charge in [0, 0.05) is 36.4 Å². The molecule has 0 atom stereocenters. The number of morpholine rings is 1. The molecule has 2 N–H and O–H groups in total. The SMILES string of the molecule is Cc1ccc(C(=O)Nc2ccc(NC(=O)CN3CCOCC3)cc2)cn1. The molecule has 1 aromatic carbocycles. The molecule has 1 saturated heterocycles. The van der Waals surface area contributed by atoms with Crippen molar-refractivity contribution in [2.45, 2.75) is 6.92 Å². The van der Waals surface area contributed by atoms with Crippen molar-refractivity contribution in [3.63, 3.8) is 0 Å². The highest BCUT2D eigenvalue weighted by molar-refractivity contribution is 6.04. The third-order valence-corrected chi connectivity index (χ3v) is 4.07. The minimum absolute atomic E-state index is 0.0607. The predicted octanol–water partition coefficient (Wildman–Crippen LogP) is 1.91. The number of carbonyl (C=O) groups is 2. The highest BCUT2D eigenvalue weighted by atomic mass is 16.5. The van der Waals surface area contributed by atoms with Crippen molar-refractivity contribution in [2.24, 2.45) is 0 Å². The van der Waals surface area contributed by atoms with Crippen LogP contribution >= 0.6 is 0 Å². The van der Waals surface area contributed by atoms with E-state index in [0.717, 1.165) is 18.8 Å². The standard InChI is InChI=1S/C19H22N4O3/c1-14-2-3-15(12-20-14)19(25)22-17-6-4-16(5-7-17)21-18(24)13-23-8-10-26-11-9-23/h2-7,12H,8-11,13H2,1H3,(H,21,24)(H,22,25). The number of aromatic nitrogens is 1. The molecule has 0 radical (unpaired) electrons. The molecule has 0 unspecified atom stereocenters. The molecule has 7 nitrogen and oxygen atoms in total. The average Bonchev–Trinajstić information content (AvgIpc) is 2.64. The molecule has 7 heteroatoms. The summed E-state index contributed by atoms with van der Waals surface area (Å²) in [4.78, 5) is 30.4. The van der Waals surface area contributed by atoms with Gasteiger partial charge in [0.25, 0.3) is 5.91 Å². The number of rotatable bonds is 5. The molecular formula is C19H22N4O3. The number of amides is 2. The summed E-state index contributed by atoms with van der Waals surface area (Å²) in [5.41, 5.74) is 2.71. The van der Waals surface area contributed by atoms with E-state index in [1.807, 2.05) is 6.92 Å². The van der Waals surface area contributed by atoms with Crippen molar-refractivity contribution < 1.29 is 14.3 Å². The summed E-state index contributed by atoms with van der Waals surface area (Å²) in [5.74, 6) is -0.281. The van der Waals surface area contributed by atoms with E-state index < -0.39 is 0 Å². The lowest BCUT2D eigenvalue weighted by Gasteiger charge is -2.25. The number of carbonyl (C=O) groups excluding carboxylic acids is 2. The first-order valence-electron chi connectivity index (χ1n) is 8.54. The van der Waals surface area contributed by atoms with Gasteiger partial charge < -0.3 is 15.4 Å². The van der Waals surface area contributed by atoms with Crippen LogP contribution in [0.15, 0.2) is 42.6 Å². The van der Waals surface area contributed by atoms with E-state index in [1.54, 1.807) is 42.6 Å². The monoisotopic (exact) mass is 354 g/mol. The first kappa shape index (κ1) is 18.0. The number of benzene rings is 1. The number of pyridine rings is 1. The van der Waals surface area contributed by atoms with E-state index in [-0.39, 0.29) is 11.8 Å². The number of aryl methyl sites for hydroxylation is 1. The van der Waals surface area contributed by atoms with Gasteiger partial charge in [0.2, 0.25) is 5.91 Å². The minimum Gasteiger partial charge on any atom is -0.379 e. The van der Waals surface area contributed by atoms with E-state index in [2.05, 4.69) is 20.5 Å². The van der Waals surface area contributed by atoms with Crippen molar-refractivity contribution in [3.8, 4) is 0 Å². The van der Waals surface area contributed by atoms with Crippen LogP contribution in [0.4, 0.5) is 11.4 Å². The Balaban J connectivity index is 1.52. The third-order valence-electron chi connectivity index (χ3n) is 4.07. The van der Waals surface area contributed by atoms with Crippen LogP contribution in [0.3, 0.4) is 0 Å². The molecule has 1 aliphatic heterocycles. The number of nitrogens with one attached hydrogen (secondary N) is 2. The molecule has 1 aliphatic rings. The van der Waals surface area contributed by atoms with Gasteiger partial charge in [-0.2, -0.15) is 0 Å². The Labute approximate surface area is 152 Å². The summed E-state index contributed by atoms with van der Waals surface area (Å²) in [6, 6.07) is 10.6. The lowest BCUT2D eigenvalue weighted by molar-refractivity contribution is -0.118. The van der Waals surface area contributed by atoms with Gasteiger partial charge in [0.05, 0.1) is 25.3 Å². The Kier molecular flexibility index (Phi) is 5.93. The Bertz CT molecular complexity index is 753. The number of hydrogen-bond acceptors (Lipinski definition) is 5. The van der Waals surface area contributed by atoms with Crippen LogP contribution in [0.5, 0.6) is 0 Å². The zero-order valence-electron chi connectivity index (χ0n) is 14.7.